The average molecular weight is 423 g/mol. The molecule has 29 heavy (non-hydrogen) atoms. The van der Waals surface area contributed by atoms with Gasteiger partial charge in [-0.2, -0.15) is 0 Å². The average Bonchev–Trinajstić information content (AvgIpc) is 3.01. The van der Waals surface area contributed by atoms with Gasteiger partial charge in [0.25, 0.3) is 0 Å². The lowest BCUT2D eigenvalue weighted by Crippen LogP contribution is -2.55. The zero-order valence-electron chi connectivity index (χ0n) is 17.9. The molecule has 2 fully saturated rings. The maximum Gasteiger partial charge on any atom is 0.303 e. The van der Waals surface area contributed by atoms with Gasteiger partial charge in [0.15, 0.2) is 0 Å². The summed E-state index contributed by atoms with van der Waals surface area (Å²) in [6, 6.07) is 0. The van der Waals surface area contributed by atoms with E-state index < -0.39 is 12.1 Å². The number of hydrogen-bond acceptors (Lipinski definition) is 2. The first-order chi connectivity index (χ1) is 13.6. The largest absolute Gasteiger partial charge is 0.481 e. The minimum atomic E-state index is -0.871. The Hall–Kier alpha value is -0.730. The molecule has 0 amide bonds. The summed E-state index contributed by atoms with van der Waals surface area (Å²) in [6.07, 6.45) is 9.57. The molecule has 162 valence electrons. The van der Waals surface area contributed by atoms with Gasteiger partial charge in [0, 0.05) is 12.3 Å². The first kappa shape index (κ1) is 21.5. The summed E-state index contributed by atoms with van der Waals surface area (Å²) in [5.41, 5.74) is 1.42. The first-order valence-electron chi connectivity index (χ1n) is 11.3. The van der Waals surface area contributed by atoms with E-state index in [9.17, 15) is 9.90 Å². The van der Waals surface area contributed by atoms with Crippen LogP contribution < -0.4 is 0 Å². The lowest BCUT2D eigenvalue weighted by Gasteiger charge is -2.59. The maximum absolute atomic E-state index is 15.7. The molecule has 0 bridgehead atoms. The van der Waals surface area contributed by atoms with Crippen molar-refractivity contribution in [2.75, 3.05) is 0 Å². The topological polar surface area (TPSA) is 57.5 Å². The third-order valence-electron chi connectivity index (χ3n) is 9.23. The van der Waals surface area contributed by atoms with Crippen LogP contribution in [0, 0.1) is 40.4 Å². The number of carboxylic acids is 1. The highest BCUT2D eigenvalue weighted by atomic mass is 31.0. The van der Waals surface area contributed by atoms with E-state index in [0.717, 1.165) is 19.3 Å². The van der Waals surface area contributed by atoms with E-state index in [1.54, 1.807) is 0 Å². The normalized spacial score (nSPS) is 49.6. The molecule has 0 heterocycles. The van der Waals surface area contributed by atoms with Gasteiger partial charge in [0.1, 0.15) is 6.17 Å². The second-order valence-electron chi connectivity index (χ2n) is 10.7. The maximum atomic E-state index is 15.7. The van der Waals surface area contributed by atoms with Crippen LogP contribution in [0.25, 0.3) is 0 Å². The van der Waals surface area contributed by atoms with Gasteiger partial charge in [-0.1, -0.05) is 44.6 Å². The molecule has 5 heteroatoms. The minimum absolute atomic E-state index is 0.0104. The van der Waals surface area contributed by atoms with Crippen LogP contribution in [0.1, 0.15) is 59.3 Å². The highest BCUT2D eigenvalue weighted by Crippen LogP contribution is 2.66. The second-order valence-corrected chi connectivity index (χ2v) is 11.4. The Bertz CT molecular complexity index is 736. The second kappa shape index (κ2) is 7.45. The Labute approximate surface area is 176 Å². The van der Waals surface area contributed by atoms with E-state index in [1.807, 2.05) is 0 Å². The van der Waals surface area contributed by atoms with Gasteiger partial charge in [-0.25, -0.2) is 4.39 Å². The Kier molecular flexibility index (Phi) is 5.52. The van der Waals surface area contributed by atoms with E-state index in [0.29, 0.717) is 12.8 Å². The van der Waals surface area contributed by atoms with E-state index in [1.165, 1.54) is 5.57 Å². The molecule has 0 aromatic carbocycles. The molecule has 0 aliphatic heterocycles. The molecule has 0 aromatic rings. The van der Waals surface area contributed by atoms with Crippen LogP contribution >= 0.6 is 9.24 Å². The summed E-state index contributed by atoms with van der Waals surface area (Å²) >= 11 is 0. The van der Waals surface area contributed by atoms with Crippen LogP contribution in [0.15, 0.2) is 23.8 Å². The van der Waals surface area contributed by atoms with Crippen LogP contribution in [0.5, 0.6) is 0 Å². The van der Waals surface area contributed by atoms with Crippen molar-refractivity contribution in [1.82, 2.24) is 0 Å². The third kappa shape index (κ3) is 3.24. The standard InChI is InChI=1S/C24H36FO3P/c1-13(4-7-21(27)28)16-5-6-17-22-18(12-20(29)24(16,17)3)23(2)9-8-15(26)10-14(23)11-19(22)25/h5-6,12-17,19-20,22,26H,4,7-11,29H2,1-3H3,(H,27,28). The summed E-state index contributed by atoms with van der Waals surface area (Å²) in [4.78, 5) is 11.1. The summed E-state index contributed by atoms with van der Waals surface area (Å²) in [7, 11) is 3.03. The number of hydrogen-bond donors (Lipinski definition) is 2. The fraction of sp³-hybridized carbons (Fsp3) is 0.792. The summed E-state index contributed by atoms with van der Waals surface area (Å²) in [6.45, 7) is 6.74. The Morgan fingerprint density at radius 3 is 2.76 bits per heavy atom. The van der Waals surface area contributed by atoms with Gasteiger partial charge in [-0.05, 0) is 72.3 Å². The number of aliphatic hydroxyl groups is 1. The van der Waals surface area contributed by atoms with Crippen LogP contribution in [-0.2, 0) is 4.79 Å². The van der Waals surface area contributed by atoms with Gasteiger partial charge in [0.05, 0.1) is 6.10 Å². The van der Waals surface area contributed by atoms with Crippen LogP contribution in [-0.4, -0.2) is 34.1 Å². The van der Waals surface area contributed by atoms with E-state index >= 15 is 4.39 Å². The van der Waals surface area contributed by atoms with Crippen LogP contribution in [0.3, 0.4) is 0 Å². The van der Waals surface area contributed by atoms with E-state index in [2.05, 4.69) is 48.2 Å². The number of halogens is 1. The quantitative estimate of drug-likeness (QED) is 0.495. The van der Waals surface area contributed by atoms with Crippen LogP contribution in [0.4, 0.5) is 4.39 Å². The van der Waals surface area contributed by atoms with Crippen molar-refractivity contribution in [2.45, 2.75) is 77.2 Å². The van der Waals surface area contributed by atoms with Gasteiger partial charge in [-0.15, -0.1) is 9.24 Å². The van der Waals surface area contributed by atoms with Crippen molar-refractivity contribution in [2.24, 2.45) is 40.4 Å². The molecule has 0 saturated heterocycles. The molecule has 2 saturated carbocycles. The van der Waals surface area contributed by atoms with Crippen molar-refractivity contribution < 1.29 is 19.4 Å². The molecule has 4 rings (SSSR count). The van der Waals surface area contributed by atoms with E-state index in [4.69, 9.17) is 5.11 Å². The predicted molar refractivity (Wildman–Crippen MR) is 116 cm³/mol. The fourth-order valence-corrected chi connectivity index (χ4v) is 8.01. The number of allylic oxidation sites excluding steroid dienone is 4. The first-order valence-corrected chi connectivity index (χ1v) is 12.0. The number of fused-ring (bicyclic) bond motifs is 5. The Balaban J connectivity index is 1.68. The van der Waals surface area contributed by atoms with Gasteiger partial charge in [-0.3, -0.25) is 4.79 Å². The molecule has 11 unspecified atom stereocenters. The van der Waals surface area contributed by atoms with Crippen molar-refractivity contribution in [3.05, 3.63) is 23.8 Å². The highest BCUT2D eigenvalue weighted by molar-refractivity contribution is 7.18. The zero-order chi connectivity index (χ0) is 21.1. The predicted octanol–water partition coefficient (Wildman–Crippen LogP) is 5.00. The SMILES string of the molecule is CC(CCC(=O)O)C1C=CC2C3C(=CC(P)C12C)C1(C)CCC(O)CC1CC3F. The monoisotopic (exact) mass is 422 g/mol. The zero-order valence-corrected chi connectivity index (χ0v) is 19.0. The molecule has 0 radical (unpaired) electrons. The summed E-state index contributed by atoms with van der Waals surface area (Å²) in [5.74, 6) is 0.0654. The Morgan fingerprint density at radius 2 is 2.07 bits per heavy atom. The highest BCUT2D eigenvalue weighted by Gasteiger charge is 2.61. The summed E-state index contributed by atoms with van der Waals surface area (Å²) in [5, 5.41) is 19.3. The van der Waals surface area contributed by atoms with Crippen molar-refractivity contribution in [3.8, 4) is 0 Å². The minimum Gasteiger partial charge on any atom is -0.481 e. The molecular formula is C24H36FO3P. The smallest absolute Gasteiger partial charge is 0.303 e. The van der Waals surface area contributed by atoms with Crippen molar-refractivity contribution in [1.29, 1.82) is 0 Å². The molecule has 0 spiro atoms. The molecule has 3 nitrogen and oxygen atoms in total. The van der Waals surface area contributed by atoms with Crippen molar-refractivity contribution in [3.63, 3.8) is 0 Å². The summed E-state index contributed by atoms with van der Waals surface area (Å²) < 4.78 is 15.7. The third-order valence-corrected chi connectivity index (χ3v) is 10.1. The van der Waals surface area contributed by atoms with Crippen molar-refractivity contribution >= 4 is 15.2 Å². The number of alkyl halides is 1. The van der Waals surface area contributed by atoms with E-state index in [-0.39, 0.29) is 58.6 Å². The van der Waals surface area contributed by atoms with Gasteiger partial charge >= 0.3 is 5.97 Å². The van der Waals surface area contributed by atoms with Crippen LogP contribution in [0.2, 0.25) is 0 Å². The number of carboxylic acid groups (broad SMARTS) is 1. The molecule has 2 N–H and O–H groups in total. The lowest BCUT2D eigenvalue weighted by molar-refractivity contribution is -0.137. The number of aliphatic carboxylic acids is 1. The molecule has 4 aliphatic carbocycles. The molecule has 11 atom stereocenters. The van der Waals surface area contributed by atoms with Gasteiger partial charge < -0.3 is 10.2 Å². The molecule has 4 aliphatic rings. The van der Waals surface area contributed by atoms with Gasteiger partial charge in [0.2, 0.25) is 0 Å². The molecule has 0 aromatic heterocycles. The lowest BCUT2D eigenvalue weighted by atomic mass is 9.47. The Morgan fingerprint density at radius 1 is 1.34 bits per heavy atom. The number of carbonyl (C=O) groups is 1. The number of aliphatic hydroxyl groups excluding tert-OH is 1. The number of rotatable bonds is 4. The fourth-order valence-electron chi connectivity index (χ4n) is 7.36. The molecular weight excluding hydrogens is 386 g/mol.